The molecule has 0 fully saturated rings. The van der Waals surface area contributed by atoms with E-state index in [1.165, 1.54) is 4.70 Å². The first-order valence-electron chi connectivity index (χ1n) is 7.12. The number of ether oxygens (including phenoxy) is 1. The zero-order chi connectivity index (χ0) is 15.5. The molecular weight excluding hydrogens is 296 g/mol. The van der Waals surface area contributed by atoms with Gasteiger partial charge in [-0.15, -0.1) is 11.3 Å². The van der Waals surface area contributed by atoms with Gasteiger partial charge in [-0.3, -0.25) is 0 Å². The lowest BCUT2D eigenvalue weighted by atomic mass is 9.99. The molecule has 0 bridgehead atoms. The number of nitrogens with zero attached hydrogens (tertiary/aromatic N) is 1. The number of para-hydroxylation sites is 1. The van der Waals surface area contributed by atoms with Crippen LogP contribution in [0, 0.1) is 0 Å². The first kappa shape index (κ1) is 14.8. The lowest BCUT2D eigenvalue weighted by Gasteiger charge is -2.13. The molecule has 114 valence electrons. The van der Waals surface area contributed by atoms with Crippen LogP contribution < -0.4 is 10.5 Å². The molecule has 1 unspecified atom stereocenters. The van der Waals surface area contributed by atoms with Crippen molar-refractivity contribution in [2.45, 2.75) is 12.3 Å². The molecule has 1 atom stereocenters. The third-order valence-electron chi connectivity index (χ3n) is 3.67. The third kappa shape index (κ3) is 2.91. The number of rotatable bonds is 5. The van der Waals surface area contributed by atoms with Crippen LogP contribution in [-0.2, 0) is 6.42 Å². The molecule has 0 aliphatic carbocycles. The summed E-state index contributed by atoms with van der Waals surface area (Å²) in [5.41, 5.74) is 8.05. The molecule has 3 rings (SSSR count). The first-order valence-corrected chi connectivity index (χ1v) is 7.94. The van der Waals surface area contributed by atoms with Gasteiger partial charge in [-0.05, 0) is 36.2 Å². The number of hydrogen-bond donors (Lipinski definition) is 2. The second kappa shape index (κ2) is 6.34. The van der Waals surface area contributed by atoms with E-state index in [4.69, 9.17) is 15.5 Å². The molecule has 0 radical (unpaired) electrons. The highest BCUT2D eigenvalue weighted by Gasteiger charge is 2.16. The highest BCUT2D eigenvalue weighted by atomic mass is 32.1. The molecule has 3 aromatic rings. The van der Waals surface area contributed by atoms with E-state index >= 15 is 0 Å². The van der Waals surface area contributed by atoms with E-state index in [-0.39, 0.29) is 11.7 Å². The normalized spacial score (nSPS) is 12.5. The molecular formula is C17H18N2O2S. The van der Waals surface area contributed by atoms with Crippen LogP contribution in [0.25, 0.3) is 10.2 Å². The van der Waals surface area contributed by atoms with Gasteiger partial charge in [0.2, 0.25) is 0 Å². The van der Waals surface area contributed by atoms with Crippen LogP contribution in [0.4, 0.5) is 0 Å². The van der Waals surface area contributed by atoms with Crippen molar-refractivity contribution < 1.29 is 9.84 Å². The predicted molar refractivity (Wildman–Crippen MR) is 89.8 cm³/mol. The number of phenols is 1. The van der Waals surface area contributed by atoms with Gasteiger partial charge in [-0.1, -0.05) is 18.2 Å². The van der Waals surface area contributed by atoms with Crippen LogP contribution in [0.5, 0.6) is 11.5 Å². The lowest BCUT2D eigenvalue weighted by molar-refractivity contribution is 0.373. The highest BCUT2D eigenvalue weighted by Crippen LogP contribution is 2.32. The largest absolute Gasteiger partial charge is 0.504 e. The Kier molecular flexibility index (Phi) is 4.27. The molecule has 3 N–H and O–H groups in total. The summed E-state index contributed by atoms with van der Waals surface area (Å²) in [6.07, 6.45) is 0.771. The smallest absolute Gasteiger partial charge is 0.160 e. The summed E-state index contributed by atoms with van der Waals surface area (Å²) in [6.45, 7) is 0.531. The Hall–Kier alpha value is -2.11. The van der Waals surface area contributed by atoms with Crippen LogP contribution >= 0.6 is 11.3 Å². The van der Waals surface area contributed by atoms with Gasteiger partial charge in [0.25, 0.3) is 0 Å². The molecule has 4 nitrogen and oxygen atoms in total. The number of methoxy groups -OCH3 is 1. The molecule has 0 saturated heterocycles. The number of thiazole rings is 1. The number of nitrogens with two attached hydrogens (primary N) is 1. The summed E-state index contributed by atoms with van der Waals surface area (Å²) in [5.74, 6) is 0.791. The van der Waals surface area contributed by atoms with Gasteiger partial charge in [-0.2, -0.15) is 0 Å². The summed E-state index contributed by atoms with van der Waals surface area (Å²) < 4.78 is 6.34. The van der Waals surface area contributed by atoms with E-state index in [9.17, 15) is 5.11 Å². The minimum absolute atomic E-state index is 0.149. The Labute approximate surface area is 133 Å². The Morgan fingerprint density at radius 2 is 2.09 bits per heavy atom. The van der Waals surface area contributed by atoms with Crippen LogP contribution in [-0.4, -0.2) is 23.7 Å². The summed E-state index contributed by atoms with van der Waals surface area (Å²) in [5, 5.41) is 10.7. The fourth-order valence-corrected chi connectivity index (χ4v) is 3.55. The number of aromatic hydroxyl groups is 1. The number of fused-ring (bicyclic) bond motifs is 1. The minimum Gasteiger partial charge on any atom is -0.504 e. The number of hydrogen-bond acceptors (Lipinski definition) is 5. The molecule has 1 heterocycles. The first-order chi connectivity index (χ1) is 10.7. The standard InChI is InChI=1S/C17H18N2O2S/c1-21-15-9-11(6-7-14(15)20)8-12(10-18)17-19-13-4-2-3-5-16(13)22-17/h2-7,9,12,20H,8,10,18H2,1H3. The Morgan fingerprint density at radius 1 is 1.27 bits per heavy atom. The second-order valence-corrected chi connectivity index (χ2v) is 6.23. The van der Waals surface area contributed by atoms with Gasteiger partial charge in [-0.25, -0.2) is 4.98 Å². The minimum atomic E-state index is 0.149. The van der Waals surface area contributed by atoms with Crippen molar-refractivity contribution in [1.29, 1.82) is 0 Å². The fraction of sp³-hybridized carbons (Fsp3) is 0.235. The SMILES string of the molecule is COc1cc(CC(CN)c2nc3ccccc3s2)ccc1O. The van der Waals surface area contributed by atoms with Gasteiger partial charge in [0.15, 0.2) is 11.5 Å². The maximum absolute atomic E-state index is 9.68. The molecule has 0 amide bonds. The molecule has 0 spiro atoms. The van der Waals surface area contributed by atoms with E-state index < -0.39 is 0 Å². The van der Waals surface area contributed by atoms with Gasteiger partial charge >= 0.3 is 0 Å². The quantitative estimate of drug-likeness (QED) is 0.758. The van der Waals surface area contributed by atoms with E-state index in [1.54, 1.807) is 24.5 Å². The van der Waals surface area contributed by atoms with E-state index in [0.717, 1.165) is 22.5 Å². The molecule has 0 aliphatic rings. The second-order valence-electron chi connectivity index (χ2n) is 5.16. The third-order valence-corrected chi connectivity index (χ3v) is 4.87. The summed E-state index contributed by atoms with van der Waals surface area (Å²) in [6, 6.07) is 13.5. The van der Waals surface area contributed by atoms with Gasteiger partial charge in [0.1, 0.15) is 0 Å². The van der Waals surface area contributed by atoms with E-state index in [2.05, 4.69) is 6.07 Å². The predicted octanol–water partition coefficient (Wildman–Crippen LogP) is 3.30. The Morgan fingerprint density at radius 3 is 2.82 bits per heavy atom. The van der Waals surface area contributed by atoms with Crippen molar-refractivity contribution in [2.24, 2.45) is 5.73 Å². The van der Waals surface area contributed by atoms with Crippen LogP contribution in [0.3, 0.4) is 0 Å². The maximum Gasteiger partial charge on any atom is 0.160 e. The molecule has 1 aromatic heterocycles. The maximum atomic E-state index is 9.68. The van der Waals surface area contributed by atoms with Crippen LogP contribution in [0.1, 0.15) is 16.5 Å². The monoisotopic (exact) mass is 314 g/mol. The zero-order valence-corrected chi connectivity index (χ0v) is 13.1. The van der Waals surface area contributed by atoms with Crippen molar-refractivity contribution in [1.82, 2.24) is 4.98 Å². The van der Waals surface area contributed by atoms with Gasteiger partial charge < -0.3 is 15.6 Å². The van der Waals surface area contributed by atoms with Crippen molar-refractivity contribution in [3.63, 3.8) is 0 Å². The van der Waals surface area contributed by atoms with Crippen LogP contribution in [0.15, 0.2) is 42.5 Å². The van der Waals surface area contributed by atoms with E-state index in [1.807, 2.05) is 30.3 Å². The topological polar surface area (TPSA) is 68.4 Å². The summed E-state index contributed by atoms with van der Waals surface area (Å²) in [4.78, 5) is 4.70. The molecule has 0 saturated carbocycles. The van der Waals surface area contributed by atoms with Crippen LogP contribution in [0.2, 0.25) is 0 Å². The molecule has 5 heteroatoms. The van der Waals surface area contributed by atoms with Crippen molar-refractivity contribution >= 4 is 21.6 Å². The van der Waals surface area contributed by atoms with Crippen molar-refractivity contribution in [3.8, 4) is 11.5 Å². The Balaban J connectivity index is 1.88. The Bertz CT molecular complexity index is 752. The van der Waals surface area contributed by atoms with Gasteiger partial charge in [0, 0.05) is 12.5 Å². The fourth-order valence-electron chi connectivity index (χ4n) is 2.47. The summed E-state index contributed by atoms with van der Waals surface area (Å²) >= 11 is 1.69. The van der Waals surface area contributed by atoms with Gasteiger partial charge in [0.05, 0.1) is 22.3 Å². The van der Waals surface area contributed by atoms with E-state index in [0.29, 0.717) is 12.3 Å². The average molecular weight is 314 g/mol. The molecule has 2 aromatic carbocycles. The molecule has 0 aliphatic heterocycles. The molecule has 22 heavy (non-hydrogen) atoms. The van der Waals surface area contributed by atoms with Crippen molar-refractivity contribution in [2.75, 3.05) is 13.7 Å². The number of phenolic OH excluding ortho intramolecular Hbond substituents is 1. The zero-order valence-electron chi connectivity index (χ0n) is 12.3. The lowest BCUT2D eigenvalue weighted by Crippen LogP contribution is -2.14. The number of aromatic nitrogens is 1. The highest BCUT2D eigenvalue weighted by molar-refractivity contribution is 7.18. The van der Waals surface area contributed by atoms with Crippen molar-refractivity contribution in [3.05, 3.63) is 53.0 Å². The summed E-state index contributed by atoms with van der Waals surface area (Å²) in [7, 11) is 1.55. The number of benzene rings is 2. The average Bonchev–Trinajstić information content (AvgIpc) is 2.97.